The van der Waals surface area contributed by atoms with Crippen LogP contribution in [0.5, 0.6) is 0 Å². The second kappa shape index (κ2) is 6.19. The molecule has 112 valence electrons. The normalized spacial score (nSPS) is 16.4. The van der Waals surface area contributed by atoms with Gasteiger partial charge in [-0.1, -0.05) is 29.8 Å². The molecule has 0 aliphatic rings. The molecule has 0 fully saturated rings. The topological polar surface area (TPSA) is 97.5 Å². The number of non-ortho nitro benzene ring substituents is 1. The van der Waals surface area contributed by atoms with Crippen LogP contribution >= 0.6 is 15.9 Å². The number of sulfone groups is 1. The van der Waals surface area contributed by atoms with E-state index in [2.05, 4.69) is 15.9 Å². The molecular weight excluding hydrogens is 350 g/mol. The number of aliphatic hydroxyl groups excluding tert-OH is 1. The lowest BCUT2D eigenvalue weighted by Crippen LogP contribution is -2.39. The number of aliphatic hydroxyl groups is 1. The Bertz CT molecular complexity index is 586. The van der Waals surface area contributed by atoms with E-state index in [0.717, 1.165) is 0 Å². The Morgan fingerprint density at radius 3 is 2.20 bits per heavy atom. The zero-order valence-electron chi connectivity index (χ0n) is 11.1. The molecule has 8 heteroatoms. The SMILES string of the molecule is CC[C@](Br)([C@@H](O)c1ccc([N+](=O)[O-])cc1)S(=O)(=O)CC. The van der Waals surface area contributed by atoms with Crippen LogP contribution in [0.4, 0.5) is 5.69 Å². The summed E-state index contributed by atoms with van der Waals surface area (Å²) in [5, 5.41) is 20.9. The minimum Gasteiger partial charge on any atom is -0.386 e. The maximum atomic E-state index is 12.1. The Morgan fingerprint density at radius 1 is 1.35 bits per heavy atom. The molecule has 1 rings (SSSR count). The summed E-state index contributed by atoms with van der Waals surface area (Å²) in [6, 6.07) is 5.19. The van der Waals surface area contributed by atoms with Gasteiger partial charge < -0.3 is 5.11 Å². The summed E-state index contributed by atoms with van der Waals surface area (Å²) >= 11 is 3.14. The Balaban J connectivity index is 3.21. The molecule has 0 heterocycles. The highest BCUT2D eigenvalue weighted by Crippen LogP contribution is 2.42. The van der Waals surface area contributed by atoms with E-state index < -0.39 is 24.5 Å². The first-order valence-corrected chi connectivity index (χ1v) is 8.47. The lowest BCUT2D eigenvalue weighted by atomic mass is 10.0. The smallest absolute Gasteiger partial charge is 0.269 e. The van der Waals surface area contributed by atoms with Crippen molar-refractivity contribution in [3.63, 3.8) is 0 Å². The Hall–Kier alpha value is -0.990. The summed E-state index contributed by atoms with van der Waals surface area (Å²) in [5.74, 6) is -0.115. The largest absolute Gasteiger partial charge is 0.386 e. The molecule has 1 N–H and O–H groups in total. The van der Waals surface area contributed by atoms with Gasteiger partial charge in [-0.2, -0.15) is 0 Å². The van der Waals surface area contributed by atoms with Crippen LogP contribution in [0.25, 0.3) is 0 Å². The predicted octanol–water partition coefficient (Wildman–Crippen LogP) is 2.56. The summed E-state index contributed by atoms with van der Waals surface area (Å²) in [7, 11) is -3.55. The molecule has 0 amide bonds. The first-order chi connectivity index (χ1) is 9.19. The van der Waals surface area contributed by atoms with Crippen molar-refractivity contribution in [1.82, 2.24) is 0 Å². The molecule has 0 saturated carbocycles. The first-order valence-electron chi connectivity index (χ1n) is 6.03. The second-order valence-corrected chi connectivity index (χ2v) is 8.77. The molecule has 0 saturated heterocycles. The zero-order valence-corrected chi connectivity index (χ0v) is 13.5. The average Bonchev–Trinajstić information content (AvgIpc) is 2.45. The molecule has 2 atom stereocenters. The van der Waals surface area contributed by atoms with Gasteiger partial charge in [-0.15, -0.1) is 0 Å². The Labute approximate surface area is 126 Å². The third-order valence-corrected chi connectivity index (χ3v) is 7.99. The monoisotopic (exact) mass is 365 g/mol. The third kappa shape index (κ3) is 3.02. The van der Waals surface area contributed by atoms with E-state index in [1.807, 2.05) is 0 Å². The molecule has 0 aromatic heterocycles. The average molecular weight is 366 g/mol. The molecule has 0 spiro atoms. The standard InChI is InChI=1S/C12H16BrNO5S/c1-3-12(13,20(18,19)4-2)11(15)9-5-7-10(8-6-9)14(16)17/h5-8,11,15H,3-4H2,1-2H3/t11-,12+/m0/s1. The number of halogens is 1. The molecule has 0 aliphatic carbocycles. The fourth-order valence-corrected chi connectivity index (χ4v) is 4.20. The molecule has 0 bridgehead atoms. The van der Waals surface area contributed by atoms with Crippen molar-refractivity contribution in [1.29, 1.82) is 0 Å². The van der Waals surface area contributed by atoms with Crippen LogP contribution < -0.4 is 0 Å². The van der Waals surface area contributed by atoms with Crippen molar-refractivity contribution in [2.75, 3.05) is 5.75 Å². The molecule has 1 aromatic carbocycles. The number of nitrogens with zero attached hydrogens (tertiary/aromatic N) is 1. The number of benzene rings is 1. The van der Waals surface area contributed by atoms with Gasteiger partial charge in [-0.25, -0.2) is 8.42 Å². The molecule has 0 aliphatic heterocycles. The summed E-state index contributed by atoms with van der Waals surface area (Å²) in [6.45, 7) is 3.15. The summed E-state index contributed by atoms with van der Waals surface area (Å²) in [4.78, 5) is 10.0. The summed E-state index contributed by atoms with van der Waals surface area (Å²) in [6.07, 6.45) is -1.14. The molecule has 1 aromatic rings. The molecule has 20 heavy (non-hydrogen) atoms. The van der Waals surface area contributed by atoms with Gasteiger partial charge >= 0.3 is 0 Å². The Kier molecular flexibility index (Phi) is 5.28. The van der Waals surface area contributed by atoms with Crippen LogP contribution in [-0.2, 0) is 9.84 Å². The van der Waals surface area contributed by atoms with Crippen molar-refractivity contribution in [3.8, 4) is 0 Å². The van der Waals surface area contributed by atoms with E-state index >= 15 is 0 Å². The maximum absolute atomic E-state index is 12.1. The fraction of sp³-hybridized carbons (Fsp3) is 0.500. The number of hydrogen-bond acceptors (Lipinski definition) is 5. The number of nitro benzene ring substituents is 1. The summed E-state index contributed by atoms with van der Waals surface area (Å²) in [5.41, 5.74) is 0.197. The van der Waals surface area contributed by atoms with Gasteiger partial charge in [0, 0.05) is 17.9 Å². The highest BCUT2D eigenvalue weighted by Gasteiger charge is 2.45. The molecule has 0 radical (unpaired) electrons. The van der Waals surface area contributed by atoms with Crippen LogP contribution in [-0.4, -0.2) is 27.9 Å². The van der Waals surface area contributed by atoms with Crippen LogP contribution in [0.2, 0.25) is 0 Å². The van der Waals surface area contributed by atoms with E-state index in [1.165, 1.54) is 31.2 Å². The minimum atomic E-state index is -3.55. The number of rotatable bonds is 6. The van der Waals surface area contributed by atoms with Gasteiger partial charge in [0.25, 0.3) is 5.69 Å². The fourth-order valence-electron chi connectivity index (χ4n) is 1.85. The van der Waals surface area contributed by atoms with Gasteiger partial charge in [-0.05, 0) is 24.1 Å². The van der Waals surface area contributed by atoms with Gasteiger partial charge in [0.2, 0.25) is 0 Å². The van der Waals surface area contributed by atoms with Crippen molar-refractivity contribution in [2.45, 2.75) is 30.0 Å². The predicted molar refractivity (Wildman–Crippen MR) is 79.5 cm³/mol. The molecule has 6 nitrogen and oxygen atoms in total. The van der Waals surface area contributed by atoms with Crippen molar-refractivity contribution >= 4 is 31.5 Å². The van der Waals surface area contributed by atoms with Crippen molar-refractivity contribution in [3.05, 3.63) is 39.9 Å². The molecule has 0 unspecified atom stereocenters. The van der Waals surface area contributed by atoms with E-state index in [-0.39, 0.29) is 17.9 Å². The molecular formula is C12H16BrNO5S. The summed E-state index contributed by atoms with van der Waals surface area (Å²) < 4.78 is 22.8. The van der Waals surface area contributed by atoms with Crippen LogP contribution in [0.3, 0.4) is 0 Å². The lowest BCUT2D eigenvalue weighted by molar-refractivity contribution is -0.384. The van der Waals surface area contributed by atoms with Gasteiger partial charge in [0.15, 0.2) is 13.5 Å². The van der Waals surface area contributed by atoms with Crippen molar-refractivity contribution in [2.24, 2.45) is 0 Å². The van der Waals surface area contributed by atoms with Gasteiger partial charge in [0.05, 0.1) is 4.92 Å². The Morgan fingerprint density at radius 2 is 1.85 bits per heavy atom. The minimum absolute atomic E-state index is 0.115. The zero-order chi connectivity index (χ0) is 15.6. The highest BCUT2D eigenvalue weighted by molar-refractivity contribution is 9.11. The van der Waals surface area contributed by atoms with E-state index in [4.69, 9.17) is 0 Å². The number of nitro groups is 1. The lowest BCUT2D eigenvalue weighted by Gasteiger charge is -2.31. The number of alkyl halides is 1. The maximum Gasteiger partial charge on any atom is 0.269 e. The second-order valence-electron chi connectivity index (χ2n) is 4.29. The third-order valence-electron chi connectivity index (χ3n) is 3.21. The van der Waals surface area contributed by atoms with E-state index in [0.29, 0.717) is 5.56 Å². The van der Waals surface area contributed by atoms with Crippen molar-refractivity contribution < 1.29 is 18.4 Å². The van der Waals surface area contributed by atoms with Gasteiger partial charge in [0.1, 0.15) is 6.10 Å². The van der Waals surface area contributed by atoms with E-state index in [9.17, 15) is 23.6 Å². The van der Waals surface area contributed by atoms with E-state index in [1.54, 1.807) is 6.92 Å². The highest BCUT2D eigenvalue weighted by atomic mass is 79.9. The first kappa shape index (κ1) is 17.1. The van der Waals surface area contributed by atoms with Crippen LogP contribution in [0.15, 0.2) is 24.3 Å². The van der Waals surface area contributed by atoms with Crippen LogP contribution in [0.1, 0.15) is 31.9 Å². The van der Waals surface area contributed by atoms with Crippen LogP contribution in [0, 0.1) is 10.1 Å². The quantitative estimate of drug-likeness (QED) is 0.474. The number of hydrogen-bond donors (Lipinski definition) is 1. The van der Waals surface area contributed by atoms with Gasteiger partial charge in [-0.3, -0.25) is 10.1 Å².